The van der Waals surface area contributed by atoms with Gasteiger partial charge < -0.3 is 10.1 Å². The van der Waals surface area contributed by atoms with E-state index < -0.39 is 0 Å². The standard InChI is InChI=1S/C13H18BrNO/c14-13-4-2-1-3-12(13)5-7-15-9-11-6-8-16-10-11/h1-4,11,15H,5-10H2. The lowest BCUT2D eigenvalue weighted by atomic mass is 10.1. The summed E-state index contributed by atoms with van der Waals surface area (Å²) in [7, 11) is 0. The Bertz CT molecular complexity index is 323. The monoisotopic (exact) mass is 283 g/mol. The molecule has 0 amide bonds. The molecule has 1 unspecified atom stereocenters. The molecule has 0 spiro atoms. The van der Waals surface area contributed by atoms with Gasteiger partial charge in [0.25, 0.3) is 0 Å². The van der Waals surface area contributed by atoms with Crippen LogP contribution in [-0.4, -0.2) is 26.3 Å². The third-order valence-corrected chi connectivity index (χ3v) is 3.76. The molecule has 0 bridgehead atoms. The van der Waals surface area contributed by atoms with Crippen LogP contribution in [0.5, 0.6) is 0 Å². The average molecular weight is 284 g/mol. The summed E-state index contributed by atoms with van der Waals surface area (Å²) in [5, 5.41) is 3.50. The van der Waals surface area contributed by atoms with Crippen molar-refractivity contribution in [3.8, 4) is 0 Å². The number of halogens is 1. The fourth-order valence-corrected chi connectivity index (χ4v) is 2.46. The minimum Gasteiger partial charge on any atom is -0.381 e. The number of rotatable bonds is 5. The van der Waals surface area contributed by atoms with Gasteiger partial charge in [-0.3, -0.25) is 0 Å². The van der Waals surface area contributed by atoms with Crippen molar-refractivity contribution in [2.24, 2.45) is 5.92 Å². The molecule has 1 heterocycles. The molecule has 1 fully saturated rings. The van der Waals surface area contributed by atoms with E-state index in [4.69, 9.17) is 4.74 Å². The fraction of sp³-hybridized carbons (Fsp3) is 0.538. The smallest absolute Gasteiger partial charge is 0.0507 e. The van der Waals surface area contributed by atoms with E-state index in [1.807, 2.05) is 0 Å². The summed E-state index contributed by atoms with van der Waals surface area (Å²) in [5.41, 5.74) is 1.37. The predicted molar refractivity (Wildman–Crippen MR) is 69.6 cm³/mol. The number of ether oxygens (including phenoxy) is 1. The summed E-state index contributed by atoms with van der Waals surface area (Å²) in [6.45, 7) is 4.00. The first-order valence-corrected chi connectivity index (χ1v) is 6.67. The predicted octanol–water partition coefficient (Wildman–Crippen LogP) is 2.62. The molecule has 88 valence electrons. The lowest BCUT2D eigenvalue weighted by molar-refractivity contribution is 0.185. The number of hydrogen-bond donors (Lipinski definition) is 1. The molecule has 0 radical (unpaired) electrons. The molecule has 1 atom stereocenters. The third kappa shape index (κ3) is 3.58. The van der Waals surface area contributed by atoms with Gasteiger partial charge in [0.05, 0.1) is 6.61 Å². The lowest BCUT2D eigenvalue weighted by Crippen LogP contribution is -2.25. The molecule has 1 aromatic rings. The first-order chi connectivity index (χ1) is 7.86. The Morgan fingerprint density at radius 2 is 2.25 bits per heavy atom. The summed E-state index contributed by atoms with van der Waals surface area (Å²) in [4.78, 5) is 0. The minimum absolute atomic E-state index is 0.721. The molecular weight excluding hydrogens is 266 g/mol. The SMILES string of the molecule is Brc1ccccc1CCNCC1CCOC1. The largest absolute Gasteiger partial charge is 0.381 e. The van der Waals surface area contributed by atoms with E-state index in [1.165, 1.54) is 16.5 Å². The van der Waals surface area contributed by atoms with Crippen LogP contribution in [0.2, 0.25) is 0 Å². The molecule has 1 N–H and O–H groups in total. The molecule has 1 saturated heterocycles. The molecule has 1 aliphatic heterocycles. The van der Waals surface area contributed by atoms with E-state index in [1.54, 1.807) is 0 Å². The van der Waals surface area contributed by atoms with Gasteiger partial charge in [-0.15, -0.1) is 0 Å². The van der Waals surface area contributed by atoms with E-state index in [0.29, 0.717) is 0 Å². The van der Waals surface area contributed by atoms with Crippen molar-refractivity contribution >= 4 is 15.9 Å². The van der Waals surface area contributed by atoms with E-state index in [0.717, 1.165) is 38.6 Å². The van der Waals surface area contributed by atoms with Crippen molar-refractivity contribution in [3.05, 3.63) is 34.3 Å². The number of nitrogens with one attached hydrogen (secondary N) is 1. The van der Waals surface area contributed by atoms with Crippen LogP contribution in [0.1, 0.15) is 12.0 Å². The van der Waals surface area contributed by atoms with Gasteiger partial charge in [0, 0.05) is 17.6 Å². The molecule has 16 heavy (non-hydrogen) atoms. The summed E-state index contributed by atoms with van der Waals surface area (Å²) < 4.78 is 6.55. The zero-order valence-electron chi connectivity index (χ0n) is 9.42. The van der Waals surface area contributed by atoms with Crippen molar-refractivity contribution in [2.45, 2.75) is 12.8 Å². The van der Waals surface area contributed by atoms with Gasteiger partial charge in [-0.2, -0.15) is 0 Å². The van der Waals surface area contributed by atoms with Crippen molar-refractivity contribution in [1.29, 1.82) is 0 Å². The highest BCUT2D eigenvalue weighted by Crippen LogP contribution is 2.16. The molecule has 0 saturated carbocycles. The van der Waals surface area contributed by atoms with Gasteiger partial charge in [-0.25, -0.2) is 0 Å². The molecule has 1 aromatic carbocycles. The Balaban J connectivity index is 1.66. The zero-order valence-corrected chi connectivity index (χ0v) is 11.0. The van der Waals surface area contributed by atoms with E-state index >= 15 is 0 Å². The summed E-state index contributed by atoms with van der Waals surface area (Å²) in [6, 6.07) is 8.41. The van der Waals surface area contributed by atoms with Crippen LogP contribution in [0.15, 0.2) is 28.7 Å². The first kappa shape index (κ1) is 12.1. The van der Waals surface area contributed by atoms with Gasteiger partial charge in [0.1, 0.15) is 0 Å². The molecule has 2 rings (SSSR count). The molecular formula is C13H18BrNO. The second-order valence-electron chi connectivity index (χ2n) is 4.28. The number of hydrogen-bond acceptors (Lipinski definition) is 2. The van der Waals surface area contributed by atoms with E-state index in [2.05, 4.69) is 45.5 Å². The maximum absolute atomic E-state index is 5.34. The van der Waals surface area contributed by atoms with E-state index in [-0.39, 0.29) is 0 Å². The van der Waals surface area contributed by atoms with Crippen molar-refractivity contribution in [3.63, 3.8) is 0 Å². The molecule has 0 aromatic heterocycles. The van der Waals surface area contributed by atoms with Gasteiger partial charge in [0.15, 0.2) is 0 Å². The first-order valence-electron chi connectivity index (χ1n) is 5.88. The van der Waals surface area contributed by atoms with Gasteiger partial charge in [-0.1, -0.05) is 34.1 Å². The van der Waals surface area contributed by atoms with Crippen molar-refractivity contribution < 1.29 is 4.74 Å². The van der Waals surface area contributed by atoms with E-state index in [9.17, 15) is 0 Å². The maximum atomic E-state index is 5.34. The fourth-order valence-electron chi connectivity index (χ4n) is 1.97. The highest BCUT2D eigenvalue weighted by molar-refractivity contribution is 9.10. The van der Waals surface area contributed by atoms with Crippen molar-refractivity contribution in [2.75, 3.05) is 26.3 Å². The van der Waals surface area contributed by atoms with Crippen LogP contribution in [-0.2, 0) is 11.2 Å². The Labute approximate surface area is 106 Å². The maximum Gasteiger partial charge on any atom is 0.0507 e. The average Bonchev–Trinajstić information content (AvgIpc) is 2.79. The highest BCUT2D eigenvalue weighted by Gasteiger charge is 2.14. The van der Waals surface area contributed by atoms with Gasteiger partial charge >= 0.3 is 0 Å². The topological polar surface area (TPSA) is 21.3 Å². The molecule has 0 aliphatic carbocycles. The minimum atomic E-state index is 0.721. The summed E-state index contributed by atoms with van der Waals surface area (Å²) in [6.07, 6.45) is 2.29. The summed E-state index contributed by atoms with van der Waals surface area (Å²) in [5.74, 6) is 0.721. The second-order valence-corrected chi connectivity index (χ2v) is 5.13. The molecule has 1 aliphatic rings. The van der Waals surface area contributed by atoms with Crippen LogP contribution in [0.25, 0.3) is 0 Å². The molecule has 2 nitrogen and oxygen atoms in total. The van der Waals surface area contributed by atoms with Gasteiger partial charge in [0.2, 0.25) is 0 Å². The van der Waals surface area contributed by atoms with Crippen LogP contribution >= 0.6 is 15.9 Å². The number of benzene rings is 1. The normalized spacial score (nSPS) is 20.2. The Morgan fingerprint density at radius 1 is 1.38 bits per heavy atom. The Kier molecular flexibility index (Phi) is 4.82. The van der Waals surface area contributed by atoms with Crippen LogP contribution in [0.3, 0.4) is 0 Å². The Hall–Kier alpha value is -0.380. The quantitative estimate of drug-likeness (QED) is 0.839. The van der Waals surface area contributed by atoms with Crippen molar-refractivity contribution in [1.82, 2.24) is 5.32 Å². The third-order valence-electron chi connectivity index (χ3n) is 2.99. The van der Waals surface area contributed by atoms with Crippen LogP contribution in [0.4, 0.5) is 0 Å². The zero-order chi connectivity index (χ0) is 11.2. The van der Waals surface area contributed by atoms with Gasteiger partial charge in [-0.05, 0) is 36.9 Å². The Morgan fingerprint density at radius 3 is 3.00 bits per heavy atom. The van der Waals surface area contributed by atoms with Crippen LogP contribution in [0, 0.1) is 5.92 Å². The summed E-state index contributed by atoms with van der Waals surface area (Å²) >= 11 is 3.57. The highest BCUT2D eigenvalue weighted by atomic mass is 79.9. The van der Waals surface area contributed by atoms with Crippen LogP contribution < -0.4 is 5.32 Å². The second kappa shape index (κ2) is 6.38. The molecule has 3 heteroatoms. The lowest BCUT2D eigenvalue weighted by Gasteiger charge is -2.09.